The second-order valence-electron chi connectivity index (χ2n) is 2.90. The minimum absolute atomic E-state index is 0.0472. The Bertz CT molecular complexity index is 264. The van der Waals surface area contributed by atoms with Crippen LogP contribution in [0.25, 0.3) is 0 Å². The van der Waals surface area contributed by atoms with Gasteiger partial charge >= 0.3 is 18.5 Å². The van der Waals surface area contributed by atoms with Gasteiger partial charge in [0.2, 0.25) is 0 Å². The van der Waals surface area contributed by atoms with Crippen molar-refractivity contribution in [3.8, 4) is 0 Å². The number of halogens is 9. The van der Waals surface area contributed by atoms with E-state index in [9.17, 15) is 39.5 Å². The molecule has 0 amide bonds. The zero-order chi connectivity index (χ0) is 14.1. The molecule has 9 heteroatoms. The molecule has 0 nitrogen and oxygen atoms in total. The molecule has 0 unspecified atom stereocenters. The van der Waals surface area contributed by atoms with Crippen molar-refractivity contribution in [3.63, 3.8) is 0 Å². The molecule has 17 heavy (non-hydrogen) atoms. The summed E-state index contributed by atoms with van der Waals surface area (Å²) in [6, 6.07) is 0. The van der Waals surface area contributed by atoms with Crippen molar-refractivity contribution >= 4 is 0 Å². The van der Waals surface area contributed by atoms with Crippen LogP contribution in [-0.4, -0.2) is 18.5 Å². The number of allylic oxidation sites excluding steroid dienone is 3. The van der Waals surface area contributed by atoms with Crippen molar-refractivity contribution in [3.05, 3.63) is 24.8 Å². The van der Waals surface area contributed by atoms with Gasteiger partial charge in [0, 0.05) is 0 Å². The molecule has 0 bridgehead atoms. The minimum atomic E-state index is -6.55. The van der Waals surface area contributed by atoms with Gasteiger partial charge in [-0.05, 0) is 0 Å². The van der Waals surface area contributed by atoms with E-state index in [1.54, 1.807) is 0 Å². The first-order valence-electron chi connectivity index (χ1n) is 3.81. The summed E-state index contributed by atoms with van der Waals surface area (Å²) < 4.78 is 109. The molecule has 0 aromatic carbocycles. The van der Waals surface area contributed by atoms with Gasteiger partial charge in [-0.25, -0.2) is 0 Å². The monoisotopic (exact) mass is 272 g/mol. The quantitative estimate of drug-likeness (QED) is 0.516. The standard InChI is InChI=1S/C8H5F9/c1-2-3-4-5(6(9,10)11,7(12,13)14)8(15,16)17/h2-4H,1H2/b4-3+. The average Bonchev–Trinajstić information content (AvgIpc) is 1.96. The van der Waals surface area contributed by atoms with Crippen LogP contribution in [0.3, 0.4) is 0 Å². The van der Waals surface area contributed by atoms with Crippen molar-refractivity contribution < 1.29 is 39.5 Å². The fraction of sp³-hybridized carbons (Fsp3) is 0.500. The lowest BCUT2D eigenvalue weighted by molar-refractivity contribution is -0.406. The van der Waals surface area contributed by atoms with E-state index in [1.165, 1.54) is 0 Å². The Balaban J connectivity index is 6.12. The van der Waals surface area contributed by atoms with E-state index in [-0.39, 0.29) is 6.08 Å². The van der Waals surface area contributed by atoms with Gasteiger partial charge < -0.3 is 0 Å². The Kier molecular flexibility index (Phi) is 3.97. The Labute approximate surface area is 89.4 Å². The minimum Gasteiger partial charge on any atom is -0.169 e. The molecule has 0 rings (SSSR count). The van der Waals surface area contributed by atoms with Crippen LogP contribution in [0.2, 0.25) is 0 Å². The van der Waals surface area contributed by atoms with Crippen LogP contribution >= 0.6 is 0 Å². The summed E-state index contributed by atoms with van der Waals surface area (Å²) in [6.07, 6.45) is -20.3. The maximum absolute atomic E-state index is 12.2. The van der Waals surface area contributed by atoms with Crippen molar-refractivity contribution in [1.29, 1.82) is 0 Å². The largest absolute Gasteiger partial charge is 0.415 e. The highest BCUT2D eigenvalue weighted by Crippen LogP contribution is 2.60. The SMILES string of the molecule is C=C/C=C/C(C(F)(F)F)(C(F)(F)F)C(F)(F)F. The fourth-order valence-electron chi connectivity index (χ4n) is 0.978. The van der Waals surface area contributed by atoms with E-state index in [1.807, 2.05) is 0 Å². The highest BCUT2D eigenvalue weighted by atomic mass is 19.4. The number of alkyl halides is 9. The molecule has 0 radical (unpaired) electrons. The predicted molar refractivity (Wildman–Crippen MR) is 39.9 cm³/mol. The zero-order valence-corrected chi connectivity index (χ0v) is 7.84. The summed E-state index contributed by atoms with van der Waals surface area (Å²) in [5, 5.41) is 0. The lowest BCUT2D eigenvalue weighted by Gasteiger charge is -2.36. The van der Waals surface area contributed by atoms with Crippen molar-refractivity contribution in [2.45, 2.75) is 18.5 Å². The van der Waals surface area contributed by atoms with E-state index in [4.69, 9.17) is 0 Å². The number of hydrogen-bond donors (Lipinski definition) is 0. The predicted octanol–water partition coefficient (Wildman–Crippen LogP) is 4.40. The van der Waals surface area contributed by atoms with E-state index >= 15 is 0 Å². The molecule has 0 spiro atoms. The highest BCUT2D eigenvalue weighted by Gasteiger charge is 2.82. The van der Waals surface area contributed by atoms with E-state index in [0.29, 0.717) is 6.08 Å². The molecule has 0 fully saturated rings. The summed E-state index contributed by atoms with van der Waals surface area (Å²) in [6.45, 7) is 2.72. The third kappa shape index (κ3) is 2.58. The molecule has 0 atom stereocenters. The summed E-state index contributed by atoms with van der Waals surface area (Å²) in [5.41, 5.74) is -5.89. The Morgan fingerprint density at radius 3 is 1.12 bits per heavy atom. The van der Waals surface area contributed by atoms with Crippen LogP contribution in [0.15, 0.2) is 24.8 Å². The Morgan fingerprint density at radius 2 is 0.941 bits per heavy atom. The van der Waals surface area contributed by atoms with Crippen LogP contribution in [0.4, 0.5) is 39.5 Å². The highest BCUT2D eigenvalue weighted by molar-refractivity contribution is 5.16. The second kappa shape index (κ2) is 4.26. The molecule has 0 heterocycles. The third-order valence-corrected chi connectivity index (χ3v) is 1.82. The van der Waals surface area contributed by atoms with Gasteiger partial charge in [0.1, 0.15) is 0 Å². The topological polar surface area (TPSA) is 0 Å². The second-order valence-corrected chi connectivity index (χ2v) is 2.90. The van der Waals surface area contributed by atoms with Gasteiger partial charge in [0.15, 0.2) is 0 Å². The Hall–Kier alpha value is -1.15. The van der Waals surface area contributed by atoms with Crippen molar-refractivity contribution in [2.24, 2.45) is 5.41 Å². The molecule has 0 aromatic rings. The van der Waals surface area contributed by atoms with Crippen LogP contribution < -0.4 is 0 Å². The summed E-state index contributed by atoms with van der Waals surface area (Å²) >= 11 is 0. The number of hydrogen-bond acceptors (Lipinski definition) is 0. The molecule has 0 saturated carbocycles. The molecular formula is C8H5F9. The molecular weight excluding hydrogens is 267 g/mol. The van der Waals surface area contributed by atoms with Gasteiger partial charge in [-0.3, -0.25) is 0 Å². The molecule has 100 valence electrons. The Morgan fingerprint density at radius 1 is 0.647 bits per heavy atom. The van der Waals surface area contributed by atoms with Crippen LogP contribution in [0, 0.1) is 5.41 Å². The smallest absolute Gasteiger partial charge is 0.169 e. The molecule has 0 N–H and O–H groups in total. The molecule has 0 aliphatic rings. The first-order valence-corrected chi connectivity index (χ1v) is 3.81. The normalized spacial score (nSPS) is 15.4. The van der Waals surface area contributed by atoms with Gasteiger partial charge in [-0.2, -0.15) is 39.5 Å². The molecule has 0 aliphatic carbocycles. The van der Waals surface area contributed by atoms with Crippen molar-refractivity contribution in [1.82, 2.24) is 0 Å². The fourth-order valence-corrected chi connectivity index (χ4v) is 0.978. The summed E-state index contributed by atoms with van der Waals surface area (Å²) in [4.78, 5) is 0. The van der Waals surface area contributed by atoms with Crippen molar-refractivity contribution in [2.75, 3.05) is 0 Å². The van der Waals surface area contributed by atoms with Gasteiger partial charge in [0.25, 0.3) is 5.41 Å². The lowest BCUT2D eigenvalue weighted by Crippen LogP contribution is -2.58. The summed E-state index contributed by atoms with van der Waals surface area (Å²) in [5.74, 6) is 0. The van der Waals surface area contributed by atoms with Crippen LogP contribution in [0.5, 0.6) is 0 Å². The maximum Gasteiger partial charge on any atom is 0.415 e. The summed E-state index contributed by atoms with van der Waals surface area (Å²) in [7, 11) is 0. The van der Waals surface area contributed by atoms with Gasteiger partial charge in [0.05, 0.1) is 0 Å². The van der Waals surface area contributed by atoms with Gasteiger partial charge in [-0.1, -0.05) is 24.8 Å². The first kappa shape index (κ1) is 15.9. The third-order valence-electron chi connectivity index (χ3n) is 1.82. The van der Waals surface area contributed by atoms with Crippen LogP contribution in [-0.2, 0) is 0 Å². The van der Waals surface area contributed by atoms with E-state index in [0.717, 1.165) is 0 Å². The van der Waals surface area contributed by atoms with E-state index in [2.05, 4.69) is 6.58 Å². The number of rotatable bonds is 2. The zero-order valence-electron chi connectivity index (χ0n) is 7.84. The average molecular weight is 272 g/mol. The molecule has 0 aromatic heterocycles. The molecule has 0 aliphatic heterocycles. The van der Waals surface area contributed by atoms with Gasteiger partial charge in [-0.15, -0.1) is 0 Å². The van der Waals surface area contributed by atoms with E-state index < -0.39 is 30.0 Å². The maximum atomic E-state index is 12.2. The molecule has 0 saturated heterocycles. The first-order chi connectivity index (χ1) is 7.31. The van der Waals surface area contributed by atoms with Crippen LogP contribution in [0.1, 0.15) is 0 Å². The lowest BCUT2D eigenvalue weighted by atomic mass is 9.85.